The van der Waals surface area contributed by atoms with Crippen LogP contribution in [0.25, 0.3) is 10.2 Å². The molecular weight excluding hydrogens is 402 g/mol. The molecule has 4 rings (SSSR count). The maximum absolute atomic E-state index is 13.2. The number of benzene rings is 2. The van der Waals surface area contributed by atoms with Crippen LogP contribution in [0.1, 0.15) is 29.0 Å². The van der Waals surface area contributed by atoms with Crippen molar-refractivity contribution in [2.45, 2.75) is 32.1 Å². The predicted octanol–water partition coefficient (Wildman–Crippen LogP) is 4.08. The van der Waals surface area contributed by atoms with Gasteiger partial charge in [-0.15, -0.1) is 11.3 Å². The quantitative estimate of drug-likeness (QED) is 0.585. The highest BCUT2D eigenvalue weighted by Gasteiger charge is 2.44. The smallest absolute Gasteiger partial charge is 0.304 e. The third-order valence-corrected chi connectivity index (χ3v) is 6.84. The maximum Gasteiger partial charge on any atom is 0.304 e. The van der Waals surface area contributed by atoms with Gasteiger partial charge in [0.05, 0.1) is 35.9 Å². The number of Topliss-reactive ketones (excluding diaryl/α,β-unsaturated/α-hetero) is 1. The molecule has 0 amide bonds. The molecule has 1 N–H and O–H groups in total. The van der Waals surface area contributed by atoms with Gasteiger partial charge in [-0.2, -0.15) is 0 Å². The number of thiazole rings is 1. The molecule has 1 heterocycles. The first-order chi connectivity index (χ1) is 14.4. The molecule has 2 aromatic carbocycles. The summed E-state index contributed by atoms with van der Waals surface area (Å²) in [6.45, 7) is 0. The zero-order valence-corrected chi connectivity index (χ0v) is 17.8. The van der Waals surface area contributed by atoms with Crippen molar-refractivity contribution >= 4 is 33.3 Å². The van der Waals surface area contributed by atoms with Crippen LogP contribution in [0.4, 0.5) is 0 Å². The zero-order chi connectivity index (χ0) is 21.3. The SMILES string of the molecule is COc1cc2nc(CCC(=O)C3(CC(=O)O)Cc4ccccc4C3)sc2cc1OC. The van der Waals surface area contributed by atoms with Gasteiger partial charge in [-0.25, -0.2) is 4.98 Å². The number of hydrogen-bond donors (Lipinski definition) is 1. The monoisotopic (exact) mass is 425 g/mol. The van der Waals surface area contributed by atoms with Crippen molar-refractivity contribution < 1.29 is 24.2 Å². The number of rotatable bonds is 8. The van der Waals surface area contributed by atoms with E-state index in [0.29, 0.717) is 30.8 Å². The average molecular weight is 426 g/mol. The van der Waals surface area contributed by atoms with Crippen LogP contribution in [-0.2, 0) is 28.9 Å². The highest BCUT2D eigenvalue weighted by molar-refractivity contribution is 7.18. The summed E-state index contributed by atoms with van der Waals surface area (Å²) in [6, 6.07) is 11.6. The summed E-state index contributed by atoms with van der Waals surface area (Å²) in [4.78, 5) is 29.4. The van der Waals surface area contributed by atoms with E-state index in [0.717, 1.165) is 26.4 Å². The Morgan fingerprint density at radius 2 is 1.73 bits per heavy atom. The van der Waals surface area contributed by atoms with Crippen LogP contribution in [0, 0.1) is 5.41 Å². The van der Waals surface area contributed by atoms with Gasteiger partial charge in [0.1, 0.15) is 5.78 Å². The highest BCUT2D eigenvalue weighted by Crippen LogP contribution is 2.42. The molecule has 0 aliphatic heterocycles. The van der Waals surface area contributed by atoms with Crippen molar-refractivity contribution in [1.82, 2.24) is 4.98 Å². The van der Waals surface area contributed by atoms with E-state index in [1.165, 1.54) is 11.3 Å². The summed E-state index contributed by atoms with van der Waals surface area (Å²) < 4.78 is 11.6. The molecule has 6 nitrogen and oxygen atoms in total. The fourth-order valence-electron chi connectivity index (χ4n) is 4.30. The summed E-state index contributed by atoms with van der Waals surface area (Å²) in [6.07, 6.45) is 1.59. The molecule has 3 aromatic rings. The standard InChI is InChI=1S/C23H23NO5S/c1-28-17-9-16-19(10-18(17)29-2)30-21(24-16)8-7-20(25)23(13-22(26)27)11-14-5-3-4-6-15(14)12-23/h3-6,9-10H,7-8,11-13H2,1-2H3,(H,26,27). The largest absolute Gasteiger partial charge is 0.493 e. The lowest BCUT2D eigenvalue weighted by molar-refractivity contribution is -0.144. The predicted molar refractivity (Wildman–Crippen MR) is 115 cm³/mol. The van der Waals surface area contributed by atoms with E-state index in [4.69, 9.17) is 9.47 Å². The number of carbonyl (C=O) groups is 2. The Morgan fingerprint density at radius 1 is 1.10 bits per heavy atom. The fourth-order valence-corrected chi connectivity index (χ4v) is 5.28. The molecule has 0 radical (unpaired) electrons. The minimum atomic E-state index is -0.935. The maximum atomic E-state index is 13.2. The van der Waals surface area contributed by atoms with Crippen LogP contribution in [0.3, 0.4) is 0 Å². The molecule has 0 bridgehead atoms. The van der Waals surface area contributed by atoms with Gasteiger partial charge in [0, 0.05) is 30.4 Å². The number of carboxylic acids is 1. The second kappa shape index (κ2) is 8.07. The molecule has 0 saturated heterocycles. The average Bonchev–Trinajstić information content (AvgIpc) is 3.30. The number of methoxy groups -OCH3 is 2. The molecule has 0 atom stereocenters. The number of ketones is 1. The van der Waals surface area contributed by atoms with Gasteiger partial charge >= 0.3 is 5.97 Å². The summed E-state index contributed by atoms with van der Waals surface area (Å²) in [5, 5.41) is 10.3. The Labute approximate surface area is 178 Å². The number of aryl methyl sites for hydroxylation is 1. The van der Waals surface area contributed by atoms with E-state index < -0.39 is 11.4 Å². The van der Waals surface area contributed by atoms with Gasteiger partial charge in [0.2, 0.25) is 0 Å². The molecule has 1 aromatic heterocycles. The van der Waals surface area contributed by atoms with Crippen LogP contribution < -0.4 is 9.47 Å². The first kappa shape index (κ1) is 20.3. The lowest BCUT2D eigenvalue weighted by Gasteiger charge is -2.25. The van der Waals surface area contributed by atoms with E-state index in [1.807, 2.05) is 36.4 Å². The van der Waals surface area contributed by atoms with Crippen molar-refractivity contribution in [3.05, 3.63) is 52.5 Å². The second-order valence-electron chi connectivity index (χ2n) is 7.68. The Morgan fingerprint density at radius 3 is 2.33 bits per heavy atom. The molecule has 7 heteroatoms. The van der Waals surface area contributed by atoms with Crippen molar-refractivity contribution in [3.8, 4) is 11.5 Å². The third kappa shape index (κ3) is 3.77. The molecule has 0 unspecified atom stereocenters. The van der Waals surface area contributed by atoms with Gasteiger partial charge in [0.15, 0.2) is 11.5 Å². The molecule has 0 saturated carbocycles. The zero-order valence-electron chi connectivity index (χ0n) is 16.9. The normalized spacial score (nSPS) is 14.5. The number of ether oxygens (including phenoxy) is 2. The summed E-state index contributed by atoms with van der Waals surface area (Å²) >= 11 is 1.52. The minimum absolute atomic E-state index is 0.00415. The second-order valence-corrected chi connectivity index (χ2v) is 8.79. The Kier molecular flexibility index (Phi) is 5.47. The number of hydrogen-bond acceptors (Lipinski definition) is 6. The van der Waals surface area contributed by atoms with Gasteiger partial charge in [-0.1, -0.05) is 24.3 Å². The molecule has 30 heavy (non-hydrogen) atoms. The van der Waals surface area contributed by atoms with Crippen LogP contribution in [0.5, 0.6) is 11.5 Å². The van der Waals surface area contributed by atoms with Crippen molar-refractivity contribution in [2.75, 3.05) is 14.2 Å². The van der Waals surface area contributed by atoms with Crippen LogP contribution in [0.15, 0.2) is 36.4 Å². The number of fused-ring (bicyclic) bond motifs is 2. The van der Waals surface area contributed by atoms with Crippen LogP contribution >= 0.6 is 11.3 Å². The number of nitrogens with zero attached hydrogens (tertiary/aromatic N) is 1. The summed E-state index contributed by atoms with van der Waals surface area (Å²) in [5.41, 5.74) is 2.09. The number of aliphatic carboxylic acids is 1. The van der Waals surface area contributed by atoms with Crippen LogP contribution in [0.2, 0.25) is 0 Å². The molecule has 156 valence electrons. The number of aromatic nitrogens is 1. The van der Waals surface area contributed by atoms with E-state index in [-0.39, 0.29) is 18.6 Å². The van der Waals surface area contributed by atoms with Gasteiger partial charge in [-0.3, -0.25) is 9.59 Å². The van der Waals surface area contributed by atoms with Gasteiger partial charge in [-0.05, 0) is 24.0 Å². The van der Waals surface area contributed by atoms with E-state index in [1.54, 1.807) is 14.2 Å². The number of carbonyl (C=O) groups excluding carboxylic acids is 1. The number of carboxylic acid groups (broad SMARTS) is 1. The molecular formula is C23H23NO5S. The van der Waals surface area contributed by atoms with Gasteiger partial charge < -0.3 is 14.6 Å². The van der Waals surface area contributed by atoms with E-state index >= 15 is 0 Å². The molecule has 1 aliphatic rings. The lowest BCUT2D eigenvalue weighted by Crippen LogP contribution is -2.35. The Hall–Kier alpha value is -2.93. The Bertz CT molecular complexity index is 1050. The third-order valence-electron chi connectivity index (χ3n) is 5.76. The first-order valence-electron chi connectivity index (χ1n) is 9.77. The molecule has 0 fully saturated rings. The van der Waals surface area contributed by atoms with Crippen molar-refractivity contribution in [3.63, 3.8) is 0 Å². The van der Waals surface area contributed by atoms with Crippen molar-refractivity contribution in [1.29, 1.82) is 0 Å². The van der Waals surface area contributed by atoms with Crippen molar-refractivity contribution in [2.24, 2.45) is 5.41 Å². The lowest BCUT2D eigenvalue weighted by atomic mass is 9.76. The summed E-state index contributed by atoms with van der Waals surface area (Å²) in [7, 11) is 3.17. The summed E-state index contributed by atoms with van der Waals surface area (Å²) in [5.74, 6) is 0.313. The molecule has 0 spiro atoms. The van der Waals surface area contributed by atoms with E-state index in [2.05, 4.69) is 4.98 Å². The minimum Gasteiger partial charge on any atom is -0.493 e. The highest BCUT2D eigenvalue weighted by atomic mass is 32.1. The van der Waals surface area contributed by atoms with Gasteiger partial charge in [0.25, 0.3) is 0 Å². The van der Waals surface area contributed by atoms with E-state index in [9.17, 15) is 14.7 Å². The molecule has 1 aliphatic carbocycles. The first-order valence-corrected chi connectivity index (χ1v) is 10.6. The van der Waals surface area contributed by atoms with Crippen LogP contribution in [-0.4, -0.2) is 36.1 Å². The topological polar surface area (TPSA) is 85.7 Å². The Balaban J connectivity index is 1.53. The fraction of sp³-hybridized carbons (Fsp3) is 0.348.